The van der Waals surface area contributed by atoms with Crippen molar-refractivity contribution in [3.63, 3.8) is 0 Å². The van der Waals surface area contributed by atoms with Crippen LogP contribution in [0, 0.1) is 3.57 Å². The minimum Gasteiger partial charge on any atom is -0.496 e. The van der Waals surface area contributed by atoms with Gasteiger partial charge in [0.2, 0.25) is 0 Å². The molecule has 0 saturated heterocycles. The Bertz CT molecular complexity index is 483. The molecular formula is C13H16INO2. The van der Waals surface area contributed by atoms with Crippen LogP contribution in [0.3, 0.4) is 0 Å². The van der Waals surface area contributed by atoms with Gasteiger partial charge in [-0.05, 0) is 48.4 Å². The van der Waals surface area contributed by atoms with Gasteiger partial charge < -0.3 is 9.47 Å². The first-order chi connectivity index (χ1) is 8.08. The molecule has 1 atom stereocenters. The highest BCUT2D eigenvalue weighted by atomic mass is 127. The Morgan fingerprint density at radius 3 is 2.53 bits per heavy atom. The van der Waals surface area contributed by atoms with E-state index in [9.17, 15) is 0 Å². The van der Waals surface area contributed by atoms with Crippen LogP contribution in [0.15, 0.2) is 11.1 Å². The van der Waals surface area contributed by atoms with Gasteiger partial charge in [-0.3, -0.25) is 4.99 Å². The molecule has 0 fully saturated rings. The van der Waals surface area contributed by atoms with Crippen molar-refractivity contribution in [3.8, 4) is 11.5 Å². The number of aliphatic imine (C=N–C) groups is 1. The van der Waals surface area contributed by atoms with Crippen molar-refractivity contribution >= 4 is 28.3 Å². The lowest BCUT2D eigenvalue weighted by Crippen LogP contribution is -2.19. The molecule has 0 unspecified atom stereocenters. The van der Waals surface area contributed by atoms with Crippen LogP contribution in [0.1, 0.15) is 25.0 Å². The van der Waals surface area contributed by atoms with Crippen LogP contribution >= 0.6 is 22.6 Å². The zero-order valence-electron chi connectivity index (χ0n) is 10.5. The number of benzene rings is 1. The van der Waals surface area contributed by atoms with Gasteiger partial charge in [0.15, 0.2) is 0 Å². The summed E-state index contributed by atoms with van der Waals surface area (Å²) in [5.74, 6) is 1.73. The van der Waals surface area contributed by atoms with E-state index in [1.54, 1.807) is 14.2 Å². The Balaban J connectivity index is 2.70. The largest absolute Gasteiger partial charge is 0.496 e. The van der Waals surface area contributed by atoms with Crippen LogP contribution in [0.2, 0.25) is 0 Å². The van der Waals surface area contributed by atoms with Crippen molar-refractivity contribution < 1.29 is 9.47 Å². The summed E-state index contributed by atoms with van der Waals surface area (Å²) in [7, 11) is 3.38. The number of methoxy groups -OCH3 is 2. The Morgan fingerprint density at radius 1 is 1.29 bits per heavy atom. The van der Waals surface area contributed by atoms with Gasteiger partial charge in [0.05, 0.1) is 23.8 Å². The Morgan fingerprint density at radius 2 is 1.94 bits per heavy atom. The molecule has 3 nitrogen and oxygen atoms in total. The third-order valence-electron chi connectivity index (χ3n) is 3.01. The molecule has 92 valence electrons. The molecular weight excluding hydrogens is 329 g/mol. The van der Waals surface area contributed by atoms with Gasteiger partial charge in [0.1, 0.15) is 11.5 Å². The van der Waals surface area contributed by atoms with Crippen molar-refractivity contribution in [1.29, 1.82) is 0 Å². The zero-order valence-corrected chi connectivity index (χ0v) is 12.7. The summed E-state index contributed by atoms with van der Waals surface area (Å²) in [4.78, 5) is 4.62. The zero-order chi connectivity index (χ0) is 12.6. The fourth-order valence-corrected chi connectivity index (χ4v) is 3.16. The first kappa shape index (κ1) is 12.7. The second kappa shape index (κ2) is 4.84. The van der Waals surface area contributed by atoms with Crippen molar-refractivity contribution in [3.05, 3.63) is 20.8 Å². The van der Waals surface area contributed by atoms with E-state index in [1.807, 2.05) is 13.0 Å². The van der Waals surface area contributed by atoms with Crippen molar-refractivity contribution in [2.75, 3.05) is 14.2 Å². The highest BCUT2D eigenvalue weighted by Gasteiger charge is 2.24. The number of ether oxygens (including phenoxy) is 2. The van der Waals surface area contributed by atoms with Gasteiger partial charge in [-0.1, -0.05) is 0 Å². The molecule has 0 saturated carbocycles. The van der Waals surface area contributed by atoms with E-state index in [2.05, 4.69) is 34.5 Å². The SMILES string of the molecule is COc1cc(OC)c2c(c1I)C[C@H](C)N=C2C. The van der Waals surface area contributed by atoms with Crippen LogP contribution in [0.25, 0.3) is 0 Å². The number of rotatable bonds is 2. The van der Waals surface area contributed by atoms with E-state index in [-0.39, 0.29) is 0 Å². The fraction of sp³-hybridized carbons (Fsp3) is 0.462. The molecule has 1 aliphatic rings. The monoisotopic (exact) mass is 345 g/mol. The second-order valence-corrected chi connectivity index (χ2v) is 5.30. The Hall–Kier alpha value is -0.780. The van der Waals surface area contributed by atoms with E-state index in [1.165, 1.54) is 9.13 Å². The maximum absolute atomic E-state index is 5.45. The smallest absolute Gasteiger partial charge is 0.136 e. The third kappa shape index (κ3) is 2.14. The Labute approximate surface area is 115 Å². The number of hydrogen-bond donors (Lipinski definition) is 0. The maximum Gasteiger partial charge on any atom is 0.136 e. The molecule has 1 heterocycles. The predicted octanol–water partition coefficient (Wildman–Crippen LogP) is 3.06. The predicted molar refractivity (Wildman–Crippen MR) is 77.6 cm³/mol. The quantitative estimate of drug-likeness (QED) is 0.772. The molecule has 0 radical (unpaired) electrons. The number of fused-ring (bicyclic) bond motifs is 1. The van der Waals surface area contributed by atoms with E-state index in [0.717, 1.165) is 29.2 Å². The van der Waals surface area contributed by atoms with Crippen molar-refractivity contribution in [2.24, 2.45) is 4.99 Å². The van der Waals surface area contributed by atoms with Gasteiger partial charge in [0.25, 0.3) is 0 Å². The van der Waals surface area contributed by atoms with Crippen LogP contribution in [0.5, 0.6) is 11.5 Å². The summed E-state index contributed by atoms with van der Waals surface area (Å²) >= 11 is 2.34. The summed E-state index contributed by atoms with van der Waals surface area (Å²) in [6, 6.07) is 2.27. The Kier molecular flexibility index (Phi) is 3.61. The van der Waals surface area contributed by atoms with Gasteiger partial charge in [-0.25, -0.2) is 0 Å². The van der Waals surface area contributed by atoms with Crippen LogP contribution in [-0.2, 0) is 6.42 Å². The molecule has 17 heavy (non-hydrogen) atoms. The lowest BCUT2D eigenvalue weighted by Gasteiger charge is -2.24. The molecule has 0 N–H and O–H groups in total. The van der Waals surface area contributed by atoms with E-state index >= 15 is 0 Å². The minimum absolute atomic E-state index is 0.327. The standard InChI is InChI=1S/C13H16INO2/c1-7-5-9-12(8(2)15-7)10(16-3)6-11(17-4)13(9)14/h6-7H,5H2,1-4H3/t7-/m0/s1. The first-order valence-corrected chi connectivity index (χ1v) is 6.64. The molecule has 0 spiro atoms. The molecule has 2 rings (SSSR count). The molecule has 0 aromatic heterocycles. The third-order valence-corrected chi connectivity index (χ3v) is 4.19. The van der Waals surface area contributed by atoms with Gasteiger partial charge >= 0.3 is 0 Å². The van der Waals surface area contributed by atoms with E-state index < -0.39 is 0 Å². The van der Waals surface area contributed by atoms with Gasteiger partial charge in [0, 0.05) is 17.3 Å². The second-order valence-electron chi connectivity index (χ2n) is 4.22. The van der Waals surface area contributed by atoms with Gasteiger partial charge in [-0.15, -0.1) is 0 Å². The first-order valence-electron chi connectivity index (χ1n) is 5.56. The molecule has 1 aliphatic heterocycles. The maximum atomic E-state index is 5.45. The summed E-state index contributed by atoms with van der Waals surface area (Å²) in [6.07, 6.45) is 0.943. The van der Waals surface area contributed by atoms with E-state index in [4.69, 9.17) is 9.47 Å². The van der Waals surface area contributed by atoms with E-state index in [0.29, 0.717) is 6.04 Å². The normalized spacial score (nSPS) is 18.4. The van der Waals surface area contributed by atoms with Crippen molar-refractivity contribution in [2.45, 2.75) is 26.3 Å². The average Bonchev–Trinajstić information content (AvgIpc) is 2.30. The van der Waals surface area contributed by atoms with Crippen molar-refractivity contribution in [1.82, 2.24) is 0 Å². The molecule has 0 aliphatic carbocycles. The molecule has 1 aromatic rings. The molecule has 0 amide bonds. The molecule has 4 heteroatoms. The number of nitrogens with zero attached hydrogens (tertiary/aromatic N) is 1. The lowest BCUT2D eigenvalue weighted by molar-refractivity contribution is 0.390. The van der Waals surface area contributed by atoms with Crippen LogP contribution in [0.4, 0.5) is 0 Å². The summed E-state index contributed by atoms with van der Waals surface area (Å²) in [6.45, 7) is 4.17. The van der Waals surface area contributed by atoms with Gasteiger partial charge in [-0.2, -0.15) is 0 Å². The number of halogens is 1. The highest BCUT2D eigenvalue weighted by molar-refractivity contribution is 14.1. The highest BCUT2D eigenvalue weighted by Crippen LogP contribution is 2.37. The minimum atomic E-state index is 0.327. The summed E-state index contributed by atoms with van der Waals surface area (Å²) < 4.78 is 12.0. The average molecular weight is 345 g/mol. The lowest BCUT2D eigenvalue weighted by atomic mass is 9.93. The fourth-order valence-electron chi connectivity index (χ4n) is 2.30. The van der Waals surface area contributed by atoms with Crippen LogP contribution < -0.4 is 9.47 Å². The number of hydrogen-bond acceptors (Lipinski definition) is 3. The molecule has 1 aromatic carbocycles. The topological polar surface area (TPSA) is 30.8 Å². The summed E-state index contributed by atoms with van der Waals surface area (Å²) in [5.41, 5.74) is 3.48. The molecule has 0 bridgehead atoms. The summed E-state index contributed by atoms with van der Waals surface area (Å²) in [5, 5.41) is 0. The van der Waals surface area contributed by atoms with Crippen LogP contribution in [-0.4, -0.2) is 26.0 Å².